The van der Waals surface area contributed by atoms with Crippen molar-refractivity contribution in [3.8, 4) is 0 Å². The number of benzene rings is 1. The summed E-state index contributed by atoms with van der Waals surface area (Å²) in [7, 11) is 0. The van der Waals surface area contributed by atoms with Crippen molar-refractivity contribution in [2.75, 3.05) is 11.9 Å². The van der Waals surface area contributed by atoms with Crippen LogP contribution in [-0.4, -0.2) is 28.7 Å². The second-order valence-corrected chi connectivity index (χ2v) is 6.29. The van der Waals surface area contributed by atoms with Crippen molar-refractivity contribution in [3.63, 3.8) is 0 Å². The van der Waals surface area contributed by atoms with E-state index in [1.807, 2.05) is 36.1 Å². The monoisotopic (exact) mass is 335 g/mol. The topological polar surface area (TPSA) is 33.5 Å². The van der Waals surface area contributed by atoms with Gasteiger partial charge in [-0.05, 0) is 37.5 Å². The number of furan rings is 1. The van der Waals surface area contributed by atoms with Crippen LogP contribution in [0.3, 0.4) is 0 Å². The SMILES string of the molecule is Cc1ccc2oc(C(=O)N3CCC(C)C3CBr)cc2c1. The molecule has 0 bridgehead atoms. The number of fused-ring (bicyclic) bond motifs is 1. The summed E-state index contributed by atoms with van der Waals surface area (Å²) in [5.41, 5.74) is 1.95. The van der Waals surface area contributed by atoms with Crippen LogP contribution in [-0.2, 0) is 0 Å². The van der Waals surface area contributed by atoms with Crippen LogP contribution in [0.15, 0.2) is 28.7 Å². The van der Waals surface area contributed by atoms with Gasteiger partial charge in [0.1, 0.15) is 5.58 Å². The molecule has 3 rings (SSSR count). The van der Waals surface area contributed by atoms with Gasteiger partial charge in [-0.15, -0.1) is 0 Å². The third kappa shape index (κ3) is 2.26. The summed E-state index contributed by atoms with van der Waals surface area (Å²) in [5, 5.41) is 1.81. The number of hydrogen-bond acceptors (Lipinski definition) is 2. The Kier molecular flexibility index (Phi) is 3.59. The number of carbonyl (C=O) groups excluding carboxylic acids is 1. The van der Waals surface area contributed by atoms with E-state index in [1.54, 1.807) is 0 Å². The molecule has 2 aromatic rings. The van der Waals surface area contributed by atoms with Gasteiger partial charge in [0.25, 0.3) is 5.91 Å². The van der Waals surface area contributed by atoms with E-state index >= 15 is 0 Å². The molecule has 0 saturated carbocycles. The minimum atomic E-state index is 0.00709. The van der Waals surface area contributed by atoms with Crippen molar-refractivity contribution in [3.05, 3.63) is 35.6 Å². The maximum absolute atomic E-state index is 12.6. The lowest BCUT2D eigenvalue weighted by molar-refractivity contribution is 0.0709. The average molecular weight is 336 g/mol. The van der Waals surface area contributed by atoms with E-state index in [0.29, 0.717) is 11.7 Å². The van der Waals surface area contributed by atoms with Crippen LogP contribution in [0.4, 0.5) is 0 Å². The van der Waals surface area contributed by atoms with Crippen molar-refractivity contribution in [2.45, 2.75) is 26.3 Å². The zero-order valence-electron chi connectivity index (χ0n) is 11.7. The smallest absolute Gasteiger partial charge is 0.289 e. The maximum atomic E-state index is 12.6. The molecule has 1 aromatic carbocycles. The number of likely N-dealkylation sites (tertiary alicyclic amines) is 1. The Hall–Kier alpha value is -1.29. The highest BCUT2D eigenvalue weighted by Gasteiger charge is 2.35. The summed E-state index contributed by atoms with van der Waals surface area (Å²) >= 11 is 3.52. The minimum absolute atomic E-state index is 0.00709. The molecule has 0 spiro atoms. The van der Waals surface area contributed by atoms with Crippen LogP contribution >= 0.6 is 15.9 Å². The fraction of sp³-hybridized carbons (Fsp3) is 0.438. The van der Waals surface area contributed by atoms with Gasteiger partial charge >= 0.3 is 0 Å². The lowest BCUT2D eigenvalue weighted by Crippen LogP contribution is -2.38. The highest BCUT2D eigenvalue weighted by atomic mass is 79.9. The molecule has 1 aromatic heterocycles. The second kappa shape index (κ2) is 5.24. The number of rotatable bonds is 2. The molecule has 2 unspecified atom stereocenters. The van der Waals surface area contributed by atoms with E-state index in [-0.39, 0.29) is 11.9 Å². The molecule has 20 heavy (non-hydrogen) atoms. The molecule has 3 nitrogen and oxygen atoms in total. The number of halogens is 1. The Labute approximate surface area is 127 Å². The van der Waals surface area contributed by atoms with Crippen LogP contribution in [0.1, 0.15) is 29.5 Å². The lowest BCUT2D eigenvalue weighted by atomic mass is 10.1. The van der Waals surface area contributed by atoms with Crippen molar-refractivity contribution >= 4 is 32.8 Å². The van der Waals surface area contributed by atoms with Gasteiger partial charge in [0, 0.05) is 23.3 Å². The quantitative estimate of drug-likeness (QED) is 0.777. The molecular formula is C16H18BrNO2. The average Bonchev–Trinajstić information content (AvgIpc) is 3.00. The Balaban J connectivity index is 1.92. The van der Waals surface area contributed by atoms with Crippen LogP contribution in [0.5, 0.6) is 0 Å². The Morgan fingerprint density at radius 2 is 2.25 bits per heavy atom. The van der Waals surface area contributed by atoms with E-state index in [9.17, 15) is 4.79 Å². The predicted octanol–water partition coefficient (Wildman–Crippen LogP) is 3.99. The summed E-state index contributed by atoms with van der Waals surface area (Å²) < 4.78 is 5.72. The molecule has 2 heterocycles. The lowest BCUT2D eigenvalue weighted by Gasteiger charge is -2.24. The molecule has 1 aliphatic rings. The molecular weight excluding hydrogens is 318 g/mol. The molecule has 106 valence electrons. The van der Waals surface area contributed by atoms with Crippen molar-refractivity contribution < 1.29 is 9.21 Å². The first kappa shape index (κ1) is 13.7. The van der Waals surface area contributed by atoms with Crippen LogP contribution in [0, 0.1) is 12.8 Å². The molecule has 0 N–H and O–H groups in total. The summed E-state index contributed by atoms with van der Waals surface area (Å²) in [6.07, 6.45) is 1.06. The Morgan fingerprint density at radius 3 is 3.00 bits per heavy atom. The molecule has 1 amide bonds. The van der Waals surface area contributed by atoms with Crippen LogP contribution in [0.25, 0.3) is 11.0 Å². The Morgan fingerprint density at radius 1 is 1.45 bits per heavy atom. The summed E-state index contributed by atoms with van der Waals surface area (Å²) in [6.45, 7) is 5.05. The van der Waals surface area contributed by atoms with Crippen molar-refractivity contribution in [1.82, 2.24) is 4.90 Å². The zero-order valence-corrected chi connectivity index (χ0v) is 13.3. The maximum Gasteiger partial charge on any atom is 0.289 e. The molecule has 1 fully saturated rings. The first-order chi connectivity index (χ1) is 9.60. The van der Waals surface area contributed by atoms with Gasteiger partial charge in [-0.25, -0.2) is 0 Å². The molecule has 0 aliphatic carbocycles. The van der Waals surface area contributed by atoms with E-state index in [2.05, 4.69) is 22.9 Å². The highest BCUT2D eigenvalue weighted by Crippen LogP contribution is 2.29. The molecule has 0 radical (unpaired) electrons. The zero-order chi connectivity index (χ0) is 14.3. The van der Waals surface area contributed by atoms with Gasteiger partial charge in [0.15, 0.2) is 5.76 Å². The third-order valence-corrected chi connectivity index (χ3v) is 4.85. The summed E-state index contributed by atoms with van der Waals surface area (Å²) in [5.74, 6) is 0.989. The van der Waals surface area contributed by atoms with E-state index in [4.69, 9.17) is 4.42 Å². The largest absolute Gasteiger partial charge is 0.451 e. The number of nitrogens with zero attached hydrogens (tertiary/aromatic N) is 1. The number of hydrogen-bond donors (Lipinski definition) is 0. The van der Waals surface area contributed by atoms with Crippen molar-refractivity contribution in [1.29, 1.82) is 0 Å². The first-order valence-electron chi connectivity index (χ1n) is 6.97. The minimum Gasteiger partial charge on any atom is -0.451 e. The third-order valence-electron chi connectivity index (χ3n) is 4.18. The molecule has 1 saturated heterocycles. The van der Waals surface area contributed by atoms with Crippen LogP contribution < -0.4 is 0 Å². The van der Waals surface area contributed by atoms with E-state index in [0.717, 1.165) is 29.3 Å². The van der Waals surface area contributed by atoms with E-state index < -0.39 is 0 Å². The molecule has 4 heteroatoms. The second-order valence-electron chi connectivity index (χ2n) is 5.64. The summed E-state index contributed by atoms with van der Waals surface area (Å²) in [6, 6.07) is 8.09. The number of aryl methyl sites for hydroxylation is 1. The predicted molar refractivity (Wildman–Crippen MR) is 83.4 cm³/mol. The molecule has 2 atom stereocenters. The normalized spacial score (nSPS) is 22.6. The summed E-state index contributed by atoms with van der Waals surface area (Å²) in [4.78, 5) is 14.6. The number of alkyl halides is 1. The standard InChI is InChI=1S/C16H18BrNO2/c1-10-3-4-14-12(7-10)8-15(20-14)16(19)18-6-5-11(2)13(18)9-17/h3-4,7-8,11,13H,5-6,9H2,1-2H3. The van der Waals surface area contributed by atoms with Gasteiger partial charge < -0.3 is 9.32 Å². The van der Waals surface area contributed by atoms with Crippen molar-refractivity contribution in [2.24, 2.45) is 5.92 Å². The highest BCUT2D eigenvalue weighted by molar-refractivity contribution is 9.09. The Bertz CT molecular complexity index is 649. The first-order valence-corrected chi connectivity index (χ1v) is 8.09. The van der Waals surface area contributed by atoms with Gasteiger partial charge in [0.2, 0.25) is 0 Å². The van der Waals surface area contributed by atoms with E-state index in [1.165, 1.54) is 5.56 Å². The molecule has 1 aliphatic heterocycles. The van der Waals surface area contributed by atoms with Crippen LogP contribution in [0.2, 0.25) is 0 Å². The van der Waals surface area contributed by atoms with Gasteiger partial charge in [-0.1, -0.05) is 34.5 Å². The fourth-order valence-electron chi connectivity index (χ4n) is 2.91. The van der Waals surface area contributed by atoms with Gasteiger partial charge in [-0.3, -0.25) is 4.79 Å². The number of carbonyl (C=O) groups is 1. The fourth-order valence-corrected chi connectivity index (χ4v) is 3.89. The van der Waals surface area contributed by atoms with Gasteiger partial charge in [0.05, 0.1) is 0 Å². The number of amides is 1. The van der Waals surface area contributed by atoms with Gasteiger partial charge in [-0.2, -0.15) is 0 Å².